The summed E-state index contributed by atoms with van der Waals surface area (Å²) in [5, 5.41) is 3.50. The summed E-state index contributed by atoms with van der Waals surface area (Å²) in [6, 6.07) is 0. The maximum absolute atomic E-state index is 4.13. The van der Waals surface area contributed by atoms with Gasteiger partial charge in [0.05, 0.1) is 0 Å². The monoisotopic (exact) mass is 209 g/mol. The molecule has 0 unspecified atom stereocenters. The van der Waals surface area contributed by atoms with Gasteiger partial charge in [-0.3, -0.25) is 0 Å². The smallest absolute Gasteiger partial charge is 0.0162 e. The fraction of sp³-hybridized carbons (Fsp3) is 0.857. The Balaban J connectivity index is 1.93. The molecule has 1 N–H and O–H groups in total. The Bertz CT molecular complexity index is 196. The van der Waals surface area contributed by atoms with Crippen LogP contribution in [0.15, 0.2) is 12.2 Å². The Labute approximate surface area is 95.3 Å². The molecule has 0 atom stereocenters. The van der Waals surface area contributed by atoms with E-state index in [-0.39, 0.29) is 0 Å². The Hall–Kier alpha value is -0.300. The summed E-state index contributed by atoms with van der Waals surface area (Å²) in [5.74, 6) is 0.979. The molecule has 0 radical (unpaired) electrons. The first-order valence-electron chi connectivity index (χ1n) is 6.35. The van der Waals surface area contributed by atoms with E-state index >= 15 is 0 Å². The standard InChI is InChI=1S/C14H27N/c1-12(6-5-9-14(2,3)4)10-15-11-13-7-8-13/h13,15H,1,5-11H2,2-4H3. The number of hydrogen-bond donors (Lipinski definition) is 1. The zero-order valence-electron chi connectivity index (χ0n) is 10.7. The fourth-order valence-electron chi connectivity index (χ4n) is 1.73. The molecule has 0 aromatic carbocycles. The van der Waals surface area contributed by atoms with Crippen molar-refractivity contribution in [3.05, 3.63) is 12.2 Å². The molecular formula is C14H27N. The summed E-state index contributed by atoms with van der Waals surface area (Å²) in [7, 11) is 0. The van der Waals surface area contributed by atoms with E-state index in [1.54, 1.807) is 0 Å². The van der Waals surface area contributed by atoms with Crippen LogP contribution in [0.5, 0.6) is 0 Å². The molecule has 1 nitrogen and oxygen atoms in total. The second kappa shape index (κ2) is 5.69. The average molecular weight is 209 g/mol. The largest absolute Gasteiger partial charge is 0.313 e. The van der Waals surface area contributed by atoms with Gasteiger partial charge in [0, 0.05) is 6.54 Å². The number of hydrogen-bond acceptors (Lipinski definition) is 1. The van der Waals surface area contributed by atoms with Gasteiger partial charge in [-0.2, -0.15) is 0 Å². The van der Waals surface area contributed by atoms with Gasteiger partial charge in [0.15, 0.2) is 0 Å². The minimum absolute atomic E-state index is 0.474. The van der Waals surface area contributed by atoms with Crippen LogP contribution in [0.2, 0.25) is 0 Å². The van der Waals surface area contributed by atoms with E-state index in [1.165, 1.54) is 44.2 Å². The van der Waals surface area contributed by atoms with Crippen molar-refractivity contribution < 1.29 is 0 Å². The fourth-order valence-corrected chi connectivity index (χ4v) is 1.73. The minimum atomic E-state index is 0.474. The Morgan fingerprint density at radius 1 is 1.33 bits per heavy atom. The molecule has 1 fully saturated rings. The topological polar surface area (TPSA) is 12.0 Å². The molecule has 1 rings (SSSR count). The predicted octanol–water partition coefficient (Wildman–Crippen LogP) is 3.76. The molecule has 1 heteroatoms. The molecule has 0 heterocycles. The SMILES string of the molecule is C=C(CCCC(C)(C)C)CNCC1CC1. The lowest BCUT2D eigenvalue weighted by Gasteiger charge is -2.18. The maximum Gasteiger partial charge on any atom is 0.0162 e. The van der Waals surface area contributed by atoms with Gasteiger partial charge in [-0.1, -0.05) is 32.9 Å². The van der Waals surface area contributed by atoms with Crippen molar-refractivity contribution in [1.82, 2.24) is 5.32 Å². The van der Waals surface area contributed by atoms with Gasteiger partial charge in [-0.05, 0) is 50.0 Å². The molecule has 0 saturated heterocycles. The zero-order valence-corrected chi connectivity index (χ0v) is 10.7. The van der Waals surface area contributed by atoms with E-state index in [2.05, 4.69) is 32.7 Å². The normalized spacial score (nSPS) is 16.7. The van der Waals surface area contributed by atoms with Gasteiger partial charge in [-0.15, -0.1) is 0 Å². The van der Waals surface area contributed by atoms with Crippen molar-refractivity contribution in [2.75, 3.05) is 13.1 Å². The molecule has 0 aliphatic heterocycles. The van der Waals surface area contributed by atoms with E-state index in [0.717, 1.165) is 12.5 Å². The highest BCUT2D eigenvalue weighted by Crippen LogP contribution is 2.27. The third-order valence-electron chi connectivity index (χ3n) is 2.96. The summed E-state index contributed by atoms with van der Waals surface area (Å²) in [6.07, 6.45) is 6.64. The molecule has 0 aromatic heterocycles. The van der Waals surface area contributed by atoms with E-state index in [1.807, 2.05) is 0 Å². The van der Waals surface area contributed by atoms with Gasteiger partial charge in [0.25, 0.3) is 0 Å². The van der Waals surface area contributed by atoms with E-state index in [0.29, 0.717) is 5.41 Å². The van der Waals surface area contributed by atoms with Gasteiger partial charge >= 0.3 is 0 Å². The van der Waals surface area contributed by atoms with E-state index < -0.39 is 0 Å². The van der Waals surface area contributed by atoms with Crippen LogP contribution in [0.3, 0.4) is 0 Å². The van der Waals surface area contributed by atoms with Gasteiger partial charge < -0.3 is 5.32 Å². The van der Waals surface area contributed by atoms with Crippen molar-refractivity contribution in [3.8, 4) is 0 Å². The summed E-state index contributed by atoms with van der Waals surface area (Å²) >= 11 is 0. The summed E-state index contributed by atoms with van der Waals surface area (Å²) in [5.41, 5.74) is 1.85. The lowest BCUT2D eigenvalue weighted by Crippen LogP contribution is -2.19. The third-order valence-corrected chi connectivity index (χ3v) is 2.96. The summed E-state index contributed by atoms with van der Waals surface area (Å²) in [6.45, 7) is 13.3. The highest BCUT2D eigenvalue weighted by Gasteiger charge is 2.20. The summed E-state index contributed by atoms with van der Waals surface area (Å²) < 4.78 is 0. The molecule has 1 aliphatic rings. The molecule has 0 spiro atoms. The van der Waals surface area contributed by atoms with Crippen LogP contribution in [-0.4, -0.2) is 13.1 Å². The Morgan fingerprint density at radius 2 is 2.00 bits per heavy atom. The lowest BCUT2D eigenvalue weighted by molar-refractivity contribution is 0.365. The molecular weight excluding hydrogens is 182 g/mol. The van der Waals surface area contributed by atoms with Gasteiger partial charge in [0.2, 0.25) is 0 Å². The van der Waals surface area contributed by atoms with Crippen molar-refractivity contribution >= 4 is 0 Å². The Morgan fingerprint density at radius 3 is 2.53 bits per heavy atom. The first-order chi connectivity index (χ1) is 6.97. The molecule has 15 heavy (non-hydrogen) atoms. The molecule has 0 amide bonds. The molecule has 88 valence electrons. The predicted molar refractivity (Wildman–Crippen MR) is 68.0 cm³/mol. The zero-order chi connectivity index (χ0) is 11.3. The van der Waals surface area contributed by atoms with Crippen molar-refractivity contribution in [2.45, 2.75) is 52.9 Å². The van der Waals surface area contributed by atoms with E-state index in [4.69, 9.17) is 0 Å². The third kappa shape index (κ3) is 7.61. The average Bonchev–Trinajstić information content (AvgIpc) is 2.85. The number of nitrogens with one attached hydrogen (secondary N) is 1. The lowest BCUT2D eigenvalue weighted by atomic mass is 9.89. The van der Waals surface area contributed by atoms with Crippen LogP contribution in [0.1, 0.15) is 52.9 Å². The van der Waals surface area contributed by atoms with Crippen LogP contribution in [0.25, 0.3) is 0 Å². The Kier molecular flexibility index (Phi) is 4.85. The van der Waals surface area contributed by atoms with Crippen LogP contribution < -0.4 is 5.32 Å². The van der Waals surface area contributed by atoms with Gasteiger partial charge in [0.1, 0.15) is 0 Å². The summed E-state index contributed by atoms with van der Waals surface area (Å²) in [4.78, 5) is 0. The van der Waals surface area contributed by atoms with Crippen LogP contribution in [0.4, 0.5) is 0 Å². The molecule has 1 aliphatic carbocycles. The first kappa shape index (κ1) is 12.8. The molecule has 0 aromatic rings. The first-order valence-corrected chi connectivity index (χ1v) is 6.35. The second-order valence-corrected chi connectivity index (χ2v) is 6.24. The highest BCUT2D eigenvalue weighted by molar-refractivity contribution is 4.97. The van der Waals surface area contributed by atoms with Crippen LogP contribution in [-0.2, 0) is 0 Å². The maximum atomic E-state index is 4.13. The van der Waals surface area contributed by atoms with Crippen molar-refractivity contribution in [1.29, 1.82) is 0 Å². The van der Waals surface area contributed by atoms with E-state index in [9.17, 15) is 0 Å². The minimum Gasteiger partial charge on any atom is -0.313 e. The second-order valence-electron chi connectivity index (χ2n) is 6.24. The number of rotatable bonds is 7. The molecule has 0 bridgehead atoms. The van der Waals surface area contributed by atoms with Gasteiger partial charge in [-0.25, -0.2) is 0 Å². The van der Waals surface area contributed by atoms with Crippen LogP contribution in [0, 0.1) is 11.3 Å². The van der Waals surface area contributed by atoms with Crippen molar-refractivity contribution in [2.24, 2.45) is 11.3 Å². The quantitative estimate of drug-likeness (QED) is 0.630. The van der Waals surface area contributed by atoms with Crippen LogP contribution >= 0.6 is 0 Å². The van der Waals surface area contributed by atoms with Crippen molar-refractivity contribution in [3.63, 3.8) is 0 Å². The highest BCUT2D eigenvalue weighted by atomic mass is 14.9. The molecule has 1 saturated carbocycles.